The Balaban J connectivity index is 2.41. The molecule has 0 saturated carbocycles. The summed E-state index contributed by atoms with van der Waals surface area (Å²) in [5.41, 5.74) is 1.40. The highest BCUT2D eigenvalue weighted by Crippen LogP contribution is 2.34. The van der Waals surface area contributed by atoms with Crippen molar-refractivity contribution < 1.29 is 9.84 Å². The van der Waals surface area contributed by atoms with Crippen LogP contribution in [0.15, 0.2) is 27.5 Å². The third kappa shape index (κ3) is 3.27. The van der Waals surface area contributed by atoms with Crippen LogP contribution in [0.2, 0.25) is 0 Å². The predicted molar refractivity (Wildman–Crippen MR) is 80.9 cm³/mol. The fourth-order valence-corrected chi connectivity index (χ4v) is 2.20. The van der Waals surface area contributed by atoms with Crippen LogP contribution >= 0.6 is 15.9 Å². The first-order valence-corrected chi connectivity index (χ1v) is 6.61. The number of halogens is 1. The van der Waals surface area contributed by atoms with Gasteiger partial charge in [0.05, 0.1) is 12.8 Å². The van der Waals surface area contributed by atoms with Gasteiger partial charge >= 0.3 is 5.69 Å². The van der Waals surface area contributed by atoms with Gasteiger partial charge in [0.25, 0.3) is 0 Å². The second-order valence-electron chi connectivity index (χ2n) is 4.17. The normalized spacial score (nSPS) is 10.9. The second-order valence-corrected chi connectivity index (χ2v) is 5.09. The van der Waals surface area contributed by atoms with Gasteiger partial charge in [-0.15, -0.1) is 0 Å². The first-order chi connectivity index (χ1) is 9.49. The zero-order valence-corrected chi connectivity index (χ0v) is 12.6. The van der Waals surface area contributed by atoms with Crippen molar-refractivity contribution in [2.45, 2.75) is 6.92 Å². The second kappa shape index (κ2) is 5.92. The number of hydrogen-bond donors (Lipinski definition) is 2. The number of rotatable bonds is 3. The molecule has 6 heteroatoms. The Morgan fingerprint density at radius 1 is 1.35 bits per heavy atom. The van der Waals surface area contributed by atoms with E-state index in [0.717, 1.165) is 10.2 Å². The van der Waals surface area contributed by atoms with E-state index in [1.807, 2.05) is 0 Å². The minimum atomic E-state index is -0.402. The van der Waals surface area contributed by atoms with Crippen LogP contribution in [-0.4, -0.2) is 22.2 Å². The van der Waals surface area contributed by atoms with Gasteiger partial charge in [-0.2, -0.15) is 4.98 Å². The molecule has 0 bridgehead atoms. The smallest absolute Gasteiger partial charge is 0.345 e. The number of aromatic hydroxyl groups is 1. The monoisotopic (exact) mass is 336 g/mol. The number of aryl methyl sites for hydroxylation is 1. The summed E-state index contributed by atoms with van der Waals surface area (Å²) < 4.78 is 5.85. The average Bonchev–Trinajstić information content (AvgIpc) is 2.38. The molecular formula is C14H13BrN2O3. The van der Waals surface area contributed by atoms with E-state index in [1.165, 1.54) is 7.11 Å². The molecule has 0 saturated heterocycles. The maximum Gasteiger partial charge on any atom is 0.345 e. The topological polar surface area (TPSA) is 75.2 Å². The number of methoxy groups -OCH3 is 1. The Hall–Kier alpha value is -2.08. The van der Waals surface area contributed by atoms with Crippen molar-refractivity contribution in [3.05, 3.63) is 50.1 Å². The minimum Gasteiger partial charge on any atom is -0.504 e. The van der Waals surface area contributed by atoms with E-state index >= 15 is 0 Å². The Bertz CT molecular complexity index is 723. The summed E-state index contributed by atoms with van der Waals surface area (Å²) >= 11 is 3.34. The summed E-state index contributed by atoms with van der Waals surface area (Å²) in [5.74, 6) is 0.405. The number of phenols is 1. The maximum atomic E-state index is 11.3. The highest BCUT2D eigenvalue weighted by molar-refractivity contribution is 9.10. The van der Waals surface area contributed by atoms with Crippen LogP contribution in [0.4, 0.5) is 0 Å². The molecule has 0 radical (unpaired) electrons. The lowest BCUT2D eigenvalue weighted by atomic mass is 10.1. The summed E-state index contributed by atoms with van der Waals surface area (Å²) in [4.78, 5) is 17.7. The zero-order chi connectivity index (χ0) is 14.7. The Morgan fingerprint density at radius 3 is 2.75 bits per heavy atom. The van der Waals surface area contributed by atoms with Gasteiger partial charge in [0.15, 0.2) is 11.5 Å². The van der Waals surface area contributed by atoms with Crippen molar-refractivity contribution in [2.75, 3.05) is 7.11 Å². The van der Waals surface area contributed by atoms with Crippen LogP contribution in [-0.2, 0) is 0 Å². The van der Waals surface area contributed by atoms with Gasteiger partial charge in [-0.25, -0.2) is 4.79 Å². The molecule has 2 rings (SSSR count). The molecule has 104 valence electrons. The highest BCUT2D eigenvalue weighted by Gasteiger charge is 2.07. The number of aromatic nitrogens is 2. The third-order valence-corrected chi connectivity index (χ3v) is 3.08. The molecule has 5 nitrogen and oxygen atoms in total. The van der Waals surface area contributed by atoms with Gasteiger partial charge in [0.2, 0.25) is 0 Å². The summed E-state index contributed by atoms with van der Waals surface area (Å²) in [6.07, 6.45) is 3.33. The molecular weight excluding hydrogens is 324 g/mol. The highest BCUT2D eigenvalue weighted by atomic mass is 79.9. The molecule has 1 heterocycles. The Kier molecular flexibility index (Phi) is 4.24. The molecule has 0 atom stereocenters. The molecule has 1 aromatic heterocycles. The Morgan fingerprint density at radius 2 is 2.10 bits per heavy atom. The molecule has 1 aromatic carbocycles. The summed E-state index contributed by atoms with van der Waals surface area (Å²) in [7, 11) is 1.48. The number of nitrogens with one attached hydrogen (secondary N) is 1. The molecule has 0 unspecified atom stereocenters. The fourth-order valence-electron chi connectivity index (χ4n) is 1.74. The lowest BCUT2D eigenvalue weighted by Crippen LogP contribution is -2.11. The fraction of sp³-hybridized carbons (Fsp3) is 0.143. The standard InChI is InChI=1S/C14H13BrN2O3/c1-8-5-11(17-14(19)16-8)4-3-9-6-10(15)7-12(20-2)13(9)18/h3-7,18H,1-2H3,(H,16,17,19)/b4-3+. The van der Waals surface area contributed by atoms with Crippen molar-refractivity contribution in [1.82, 2.24) is 9.97 Å². The van der Waals surface area contributed by atoms with Crippen LogP contribution in [0.3, 0.4) is 0 Å². The largest absolute Gasteiger partial charge is 0.504 e. The summed E-state index contributed by atoms with van der Waals surface area (Å²) in [6.45, 7) is 1.78. The number of benzene rings is 1. The first kappa shape index (κ1) is 14.3. The predicted octanol–water partition coefficient (Wildman–Crippen LogP) is 2.73. The van der Waals surface area contributed by atoms with Gasteiger partial charge in [-0.3, -0.25) is 0 Å². The maximum absolute atomic E-state index is 11.3. The van der Waals surface area contributed by atoms with E-state index in [4.69, 9.17) is 4.74 Å². The van der Waals surface area contributed by atoms with Crippen molar-refractivity contribution in [2.24, 2.45) is 0 Å². The number of hydrogen-bond acceptors (Lipinski definition) is 4. The van der Waals surface area contributed by atoms with Crippen molar-refractivity contribution in [3.63, 3.8) is 0 Å². The molecule has 0 spiro atoms. The van der Waals surface area contributed by atoms with E-state index in [9.17, 15) is 9.90 Å². The SMILES string of the molecule is COc1cc(Br)cc(/C=C/c2cc(C)[nH]c(=O)n2)c1O. The van der Waals surface area contributed by atoms with E-state index in [-0.39, 0.29) is 5.75 Å². The summed E-state index contributed by atoms with van der Waals surface area (Å²) in [5, 5.41) is 10.0. The number of H-pyrrole nitrogens is 1. The zero-order valence-electron chi connectivity index (χ0n) is 11.0. The number of aromatic amines is 1. The van der Waals surface area contributed by atoms with E-state index in [0.29, 0.717) is 17.0 Å². The molecule has 0 amide bonds. The third-order valence-electron chi connectivity index (χ3n) is 2.62. The molecule has 2 N–H and O–H groups in total. The molecule has 0 aliphatic rings. The van der Waals surface area contributed by atoms with Crippen molar-refractivity contribution in [1.29, 1.82) is 0 Å². The van der Waals surface area contributed by atoms with Crippen LogP contribution in [0.25, 0.3) is 12.2 Å². The quantitative estimate of drug-likeness (QED) is 0.903. The molecule has 2 aromatic rings. The average molecular weight is 337 g/mol. The molecule has 0 aliphatic carbocycles. The van der Waals surface area contributed by atoms with Gasteiger partial charge in [-0.1, -0.05) is 15.9 Å². The number of nitrogens with zero attached hydrogens (tertiary/aromatic N) is 1. The molecule has 0 aliphatic heterocycles. The van der Waals surface area contributed by atoms with Crippen LogP contribution in [0, 0.1) is 6.92 Å². The number of phenolic OH excluding ortho intramolecular Hbond substituents is 1. The van der Waals surface area contributed by atoms with Gasteiger partial charge in [0, 0.05) is 15.7 Å². The van der Waals surface area contributed by atoms with Crippen LogP contribution in [0.5, 0.6) is 11.5 Å². The summed E-state index contributed by atoms with van der Waals surface area (Å²) in [6, 6.07) is 5.15. The van der Waals surface area contributed by atoms with Gasteiger partial charge in [-0.05, 0) is 37.3 Å². The number of ether oxygens (including phenoxy) is 1. The van der Waals surface area contributed by atoms with Gasteiger partial charge < -0.3 is 14.8 Å². The van der Waals surface area contributed by atoms with E-state index < -0.39 is 5.69 Å². The van der Waals surface area contributed by atoms with Crippen molar-refractivity contribution >= 4 is 28.1 Å². The lowest BCUT2D eigenvalue weighted by Gasteiger charge is -2.07. The van der Waals surface area contributed by atoms with Gasteiger partial charge in [0.1, 0.15) is 0 Å². The molecule has 20 heavy (non-hydrogen) atoms. The Labute approximate surface area is 124 Å². The van der Waals surface area contributed by atoms with Crippen LogP contribution < -0.4 is 10.4 Å². The van der Waals surface area contributed by atoms with Crippen LogP contribution in [0.1, 0.15) is 17.0 Å². The minimum absolute atomic E-state index is 0.0357. The van der Waals surface area contributed by atoms with E-state index in [2.05, 4.69) is 25.9 Å². The molecule has 0 fully saturated rings. The van der Waals surface area contributed by atoms with Crippen molar-refractivity contribution in [3.8, 4) is 11.5 Å². The lowest BCUT2D eigenvalue weighted by molar-refractivity contribution is 0.372. The first-order valence-electron chi connectivity index (χ1n) is 5.82. The van der Waals surface area contributed by atoms with E-state index in [1.54, 1.807) is 37.3 Å².